The minimum Gasteiger partial charge on any atom is -0.277 e. The van der Waals surface area contributed by atoms with Gasteiger partial charge in [0, 0.05) is 21.8 Å². The van der Waals surface area contributed by atoms with Crippen LogP contribution in [0.25, 0.3) is 5.57 Å². The van der Waals surface area contributed by atoms with E-state index in [1.807, 2.05) is 24.3 Å². The molecule has 1 aliphatic carbocycles. The van der Waals surface area contributed by atoms with Gasteiger partial charge in [0.15, 0.2) is 0 Å². The van der Waals surface area contributed by atoms with E-state index in [2.05, 4.69) is 40.5 Å². The molecule has 0 saturated carbocycles. The normalized spacial score (nSPS) is 14.5. The molecule has 0 radical (unpaired) electrons. The number of rotatable bonds is 3. The Morgan fingerprint density at radius 3 is 2.84 bits per heavy atom. The van der Waals surface area contributed by atoms with Crippen molar-refractivity contribution in [2.45, 2.75) is 16.3 Å². The van der Waals surface area contributed by atoms with E-state index in [4.69, 9.17) is 12.2 Å². The summed E-state index contributed by atoms with van der Waals surface area (Å²) in [5.41, 5.74) is 2.11. The molecule has 0 bridgehead atoms. The maximum absolute atomic E-state index is 5.23. The van der Waals surface area contributed by atoms with Crippen LogP contribution < -0.4 is 0 Å². The maximum atomic E-state index is 5.23. The van der Waals surface area contributed by atoms with Gasteiger partial charge in [-0.2, -0.15) is 5.10 Å². The first-order chi connectivity index (χ1) is 9.31. The minimum absolute atomic E-state index is 0.860. The van der Waals surface area contributed by atoms with Crippen LogP contribution in [-0.4, -0.2) is 15.1 Å². The van der Waals surface area contributed by atoms with Crippen LogP contribution in [0, 0.1) is 0 Å². The van der Waals surface area contributed by atoms with E-state index in [0.717, 1.165) is 27.6 Å². The number of benzene rings is 1. The van der Waals surface area contributed by atoms with Crippen molar-refractivity contribution in [3.8, 4) is 0 Å². The molecule has 94 valence electrons. The number of aromatic nitrogens is 2. The zero-order chi connectivity index (χ0) is 13.1. The third-order valence-electron chi connectivity index (χ3n) is 2.76. The van der Waals surface area contributed by atoms with E-state index < -0.39 is 0 Å². The van der Waals surface area contributed by atoms with Crippen molar-refractivity contribution in [1.82, 2.24) is 10.2 Å². The highest BCUT2D eigenvalue weighted by molar-refractivity contribution is 7.99. The largest absolute Gasteiger partial charge is 0.277 e. The second-order valence-electron chi connectivity index (χ2n) is 4.21. The Labute approximate surface area is 121 Å². The zero-order valence-corrected chi connectivity index (χ0v) is 11.8. The topological polar surface area (TPSA) is 28.7 Å². The van der Waals surface area contributed by atoms with Crippen LogP contribution in [0.4, 0.5) is 0 Å². The molecular formula is C15H12N2S2. The highest BCUT2D eigenvalue weighted by Gasteiger charge is 2.08. The number of H-pyrrole nitrogens is 1. The number of nitrogens with zero attached hydrogens (tertiary/aromatic N) is 1. The first kappa shape index (κ1) is 12.4. The maximum Gasteiger partial charge on any atom is 0.123 e. The molecule has 2 aromatic rings. The van der Waals surface area contributed by atoms with Gasteiger partial charge in [-0.1, -0.05) is 54.3 Å². The van der Waals surface area contributed by atoms with E-state index >= 15 is 0 Å². The van der Waals surface area contributed by atoms with Gasteiger partial charge in [-0.25, -0.2) is 0 Å². The van der Waals surface area contributed by atoms with Crippen LogP contribution >= 0.6 is 24.0 Å². The monoisotopic (exact) mass is 284 g/mol. The van der Waals surface area contributed by atoms with E-state index in [-0.39, 0.29) is 0 Å². The summed E-state index contributed by atoms with van der Waals surface area (Å²) in [5, 5.41) is 8.36. The van der Waals surface area contributed by atoms with Gasteiger partial charge < -0.3 is 0 Å². The Hall–Kier alpha value is -1.65. The molecular weight excluding hydrogens is 272 g/mol. The average molecular weight is 284 g/mol. The molecule has 0 fully saturated rings. The van der Waals surface area contributed by atoms with Crippen molar-refractivity contribution in [2.24, 2.45) is 0 Å². The Morgan fingerprint density at radius 1 is 1.21 bits per heavy atom. The van der Waals surface area contributed by atoms with Crippen LogP contribution in [0.2, 0.25) is 0 Å². The molecule has 0 saturated heterocycles. The first-order valence-corrected chi connectivity index (χ1v) is 7.23. The number of hydrogen-bond donors (Lipinski definition) is 1. The van der Waals surface area contributed by atoms with Crippen molar-refractivity contribution < 1.29 is 0 Å². The fourth-order valence-corrected chi connectivity index (χ4v) is 2.89. The standard InChI is InChI=1S/C15H12N2S2/c18-12-6-4-5-11(9-12)14-10-15(17-16-14)19-13-7-2-1-3-8-13/h1-5,7-10H,6H2,(H,16,17). The number of thiocarbonyl (C=S) groups is 1. The lowest BCUT2D eigenvalue weighted by atomic mass is 10.0. The third-order valence-corrected chi connectivity index (χ3v) is 3.97. The molecule has 3 rings (SSSR count). The smallest absolute Gasteiger partial charge is 0.123 e. The summed E-state index contributed by atoms with van der Waals surface area (Å²) < 4.78 is 0. The zero-order valence-electron chi connectivity index (χ0n) is 10.2. The molecule has 1 aromatic carbocycles. The summed E-state index contributed by atoms with van der Waals surface area (Å²) in [6.45, 7) is 0. The van der Waals surface area contributed by atoms with Gasteiger partial charge in [0.25, 0.3) is 0 Å². The van der Waals surface area contributed by atoms with Crippen LogP contribution in [0.5, 0.6) is 0 Å². The van der Waals surface area contributed by atoms with Crippen molar-refractivity contribution in [2.75, 3.05) is 0 Å². The summed E-state index contributed by atoms with van der Waals surface area (Å²) in [5.74, 6) is 0. The third kappa shape index (κ3) is 3.03. The molecule has 1 heterocycles. The Balaban J connectivity index is 1.80. The molecule has 0 unspecified atom stereocenters. The number of allylic oxidation sites excluding steroid dienone is 4. The predicted molar refractivity (Wildman–Crippen MR) is 83.5 cm³/mol. The summed E-state index contributed by atoms with van der Waals surface area (Å²) in [6, 6.07) is 12.3. The second kappa shape index (κ2) is 5.55. The van der Waals surface area contributed by atoms with Crippen molar-refractivity contribution in [3.05, 3.63) is 60.3 Å². The number of nitrogens with one attached hydrogen (secondary N) is 1. The molecule has 1 aliphatic rings. The lowest BCUT2D eigenvalue weighted by Gasteiger charge is -2.04. The second-order valence-corrected chi connectivity index (χ2v) is 5.83. The van der Waals surface area contributed by atoms with Gasteiger partial charge >= 0.3 is 0 Å². The molecule has 1 aromatic heterocycles. The van der Waals surface area contributed by atoms with Gasteiger partial charge in [0.2, 0.25) is 0 Å². The minimum atomic E-state index is 0.860. The Morgan fingerprint density at radius 2 is 2.05 bits per heavy atom. The summed E-state index contributed by atoms with van der Waals surface area (Å²) in [6.07, 6.45) is 7.06. The van der Waals surface area contributed by atoms with E-state index in [0.29, 0.717) is 0 Å². The summed E-state index contributed by atoms with van der Waals surface area (Å²) in [4.78, 5) is 2.15. The number of hydrogen-bond acceptors (Lipinski definition) is 3. The molecule has 0 amide bonds. The van der Waals surface area contributed by atoms with Gasteiger partial charge in [-0.05, 0) is 24.3 Å². The molecule has 0 aliphatic heterocycles. The molecule has 0 atom stereocenters. The predicted octanol–water partition coefficient (Wildman–Crippen LogP) is 4.27. The molecule has 1 N–H and O–H groups in total. The SMILES string of the molecule is S=C1C=C(c2cc(Sc3ccccc3)n[nH]2)C=CC1. The van der Waals surface area contributed by atoms with Gasteiger partial charge in [-0.15, -0.1) is 0 Å². The average Bonchev–Trinajstić information content (AvgIpc) is 2.88. The summed E-state index contributed by atoms with van der Waals surface area (Å²) >= 11 is 6.87. The fraction of sp³-hybridized carbons (Fsp3) is 0.0667. The highest BCUT2D eigenvalue weighted by atomic mass is 32.2. The van der Waals surface area contributed by atoms with Gasteiger partial charge in [0.1, 0.15) is 5.03 Å². The lowest BCUT2D eigenvalue weighted by molar-refractivity contribution is 0.996. The first-order valence-electron chi connectivity index (χ1n) is 6.01. The van der Waals surface area contributed by atoms with Crippen molar-refractivity contribution in [3.63, 3.8) is 0 Å². The van der Waals surface area contributed by atoms with Crippen molar-refractivity contribution >= 4 is 34.4 Å². The Kier molecular flexibility index (Phi) is 3.62. The van der Waals surface area contributed by atoms with E-state index in [1.54, 1.807) is 11.8 Å². The van der Waals surface area contributed by atoms with Crippen LogP contribution in [0.1, 0.15) is 12.1 Å². The summed E-state index contributed by atoms with van der Waals surface area (Å²) in [7, 11) is 0. The Bertz CT molecular complexity index is 654. The molecule has 2 nitrogen and oxygen atoms in total. The lowest BCUT2D eigenvalue weighted by Crippen LogP contribution is -1.94. The van der Waals surface area contributed by atoms with Crippen molar-refractivity contribution in [1.29, 1.82) is 0 Å². The van der Waals surface area contributed by atoms with E-state index in [9.17, 15) is 0 Å². The molecule has 19 heavy (non-hydrogen) atoms. The molecule has 0 spiro atoms. The van der Waals surface area contributed by atoms with Crippen LogP contribution in [-0.2, 0) is 0 Å². The fourth-order valence-electron chi connectivity index (χ4n) is 1.86. The highest BCUT2D eigenvalue weighted by Crippen LogP contribution is 2.28. The van der Waals surface area contributed by atoms with E-state index in [1.165, 1.54) is 4.90 Å². The van der Waals surface area contributed by atoms with Gasteiger partial charge in [-0.3, -0.25) is 5.10 Å². The number of aromatic amines is 1. The van der Waals surface area contributed by atoms with Crippen LogP contribution in [0.3, 0.4) is 0 Å². The van der Waals surface area contributed by atoms with Crippen LogP contribution in [0.15, 0.2) is 64.5 Å². The quantitative estimate of drug-likeness (QED) is 0.853. The van der Waals surface area contributed by atoms with Gasteiger partial charge in [0.05, 0.1) is 5.69 Å². The molecule has 4 heteroatoms.